The van der Waals surface area contributed by atoms with E-state index in [0.29, 0.717) is 19.4 Å². The topological polar surface area (TPSA) is 140 Å². The van der Waals surface area contributed by atoms with Gasteiger partial charge in [0.2, 0.25) is 11.7 Å². The fraction of sp³-hybridized carbons (Fsp3) is 0.364. The van der Waals surface area contributed by atoms with Crippen LogP contribution in [0.5, 0.6) is 0 Å². The number of carbonyl (C=O) groups excluding carboxylic acids is 1. The first-order valence-electron chi connectivity index (χ1n) is 5.85. The highest BCUT2D eigenvalue weighted by atomic mass is 16.6. The number of amides is 1. The van der Waals surface area contributed by atoms with Crippen LogP contribution in [0.4, 0.5) is 11.5 Å². The Kier molecular flexibility index (Phi) is 3.51. The second kappa shape index (κ2) is 5.11. The van der Waals surface area contributed by atoms with Gasteiger partial charge in [-0.05, 0) is 12.8 Å². The first-order chi connectivity index (χ1) is 9.41. The molecular formula is C11H12N4O5. The van der Waals surface area contributed by atoms with E-state index in [1.807, 2.05) is 0 Å². The van der Waals surface area contributed by atoms with E-state index in [0.717, 1.165) is 12.3 Å². The molecule has 9 nitrogen and oxygen atoms in total. The maximum absolute atomic E-state index is 11.3. The Bertz CT molecular complexity index is 588. The van der Waals surface area contributed by atoms with Crippen LogP contribution in [0.15, 0.2) is 12.3 Å². The van der Waals surface area contributed by atoms with Crippen molar-refractivity contribution < 1.29 is 19.6 Å². The smallest absolute Gasteiger partial charge is 0.337 e. The standard InChI is InChI=1S/C11H12N4O5/c12-9(16)7-2-1-3-14(7)10-8(15(19)20)4-6(5-13-10)11(17)18/h4-5,7H,1-3H2,(H2,12,16)(H,17,18). The molecule has 1 atom stereocenters. The van der Waals surface area contributed by atoms with Crippen LogP contribution >= 0.6 is 0 Å². The number of aromatic nitrogens is 1. The Morgan fingerprint density at radius 3 is 2.80 bits per heavy atom. The average molecular weight is 280 g/mol. The van der Waals surface area contributed by atoms with Crippen LogP contribution in [-0.4, -0.2) is 39.5 Å². The number of primary amides is 1. The number of nitro groups is 1. The van der Waals surface area contributed by atoms with Crippen LogP contribution < -0.4 is 10.6 Å². The van der Waals surface area contributed by atoms with Crippen molar-refractivity contribution >= 4 is 23.4 Å². The van der Waals surface area contributed by atoms with Gasteiger partial charge in [-0.25, -0.2) is 9.78 Å². The first kappa shape index (κ1) is 13.7. The molecule has 0 bridgehead atoms. The summed E-state index contributed by atoms with van der Waals surface area (Å²) in [6.45, 7) is 0.411. The molecule has 1 saturated heterocycles. The third-order valence-corrected chi connectivity index (χ3v) is 3.14. The van der Waals surface area contributed by atoms with Crippen molar-refractivity contribution in [1.82, 2.24) is 4.98 Å². The number of nitrogens with two attached hydrogens (primary N) is 1. The van der Waals surface area contributed by atoms with Gasteiger partial charge in [0.1, 0.15) is 6.04 Å². The van der Waals surface area contributed by atoms with E-state index in [4.69, 9.17) is 10.8 Å². The number of nitrogens with zero attached hydrogens (tertiary/aromatic N) is 3. The summed E-state index contributed by atoms with van der Waals surface area (Å²) in [4.78, 5) is 37.8. The fourth-order valence-corrected chi connectivity index (χ4v) is 2.23. The molecule has 1 aromatic heterocycles. The highest BCUT2D eigenvalue weighted by Gasteiger charge is 2.34. The molecule has 1 aromatic rings. The minimum absolute atomic E-state index is 0.0266. The molecule has 20 heavy (non-hydrogen) atoms. The molecule has 106 valence electrons. The molecule has 1 amide bonds. The highest BCUT2D eigenvalue weighted by Crippen LogP contribution is 2.32. The van der Waals surface area contributed by atoms with E-state index in [9.17, 15) is 19.7 Å². The summed E-state index contributed by atoms with van der Waals surface area (Å²) in [7, 11) is 0. The van der Waals surface area contributed by atoms with Gasteiger partial charge in [-0.3, -0.25) is 14.9 Å². The lowest BCUT2D eigenvalue weighted by atomic mass is 10.2. The Morgan fingerprint density at radius 1 is 1.55 bits per heavy atom. The summed E-state index contributed by atoms with van der Waals surface area (Å²) in [6.07, 6.45) is 2.18. The monoisotopic (exact) mass is 280 g/mol. The molecular weight excluding hydrogens is 268 g/mol. The zero-order valence-electron chi connectivity index (χ0n) is 10.4. The lowest BCUT2D eigenvalue weighted by Gasteiger charge is -2.22. The van der Waals surface area contributed by atoms with Crippen LogP contribution in [0.2, 0.25) is 0 Å². The molecule has 2 heterocycles. The van der Waals surface area contributed by atoms with Gasteiger partial charge >= 0.3 is 11.7 Å². The van der Waals surface area contributed by atoms with E-state index < -0.39 is 28.5 Å². The number of anilines is 1. The molecule has 2 rings (SSSR count). The average Bonchev–Trinajstić information content (AvgIpc) is 2.86. The quantitative estimate of drug-likeness (QED) is 0.590. The van der Waals surface area contributed by atoms with E-state index in [1.54, 1.807) is 0 Å². The molecule has 1 aliphatic heterocycles. The Labute approximate surface area is 113 Å². The lowest BCUT2D eigenvalue weighted by molar-refractivity contribution is -0.384. The van der Waals surface area contributed by atoms with E-state index in [2.05, 4.69) is 4.98 Å². The van der Waals surface area contributed by atoms with Crippen molar-refractivity contribution in [3.8, 4) is 0 Å². The van der Waals surface area contributed by atoms with Crippen molar-refractivity contribution in [2.75, 3.05) is 11.4 Å². The van der Waals surface area contributed by atoms with Crippen LogP contribution in [0.1, 0.15) is 23.2 Å². The van der Waals surface area contributed by atoms with Gasteiger partial charge in [0.25, 0.3) is 0 Å². The molecule has 1 fully saturated rings. The van der Waals surface area contributed by atoms with Gasteiger partial charge in [-0.2, -0.15) is 0 Å². The molecule has 0 spiro atoms. The van der Waals surface area contributed by atoms with E-state index in [-0.39, 0.29) is 11.4 Å². The third kappa shape index (κ3) is 2.37. The van der Waals surface area contributed by atoms with Crippen molar-refractivity contribution in [3.05, 3.63) is 27.9 Å². The number of rotatable bonds is 4. The van der Waals surface area contributed by atoms with Crippen molar-refractivity contribution in [2.45, 2.75) is 18.9 Å². The van der Waals surface area contributed by atoms with Crippen LogP contribution in [0.25, 0.3) is 0 Å². The summed E-state index contributed by atoms with van der Waals surface area (Å²) >= 11 is 0. The first-order valence-corrected chi connectivity index (χ1v) is 5.85. The Morgan fingerprint density at radius 2 is 2.25 bits per heavy atom. The molecule has 1 unspecified atom stereocenters. The summed E-state index contributed by atoms with van der Waals surface area (Å²) in [6, 6.07) is 0.276. The Balaban J connectivity index is 2.48. The van der Waals surface area contributed by atoms with Crippen molar-refractivity contribution in [1.29, 1.82) is 0 Å². The predicted octanol–water partition coefficient (Wildman–Crippen LogP) is 0.142. The van der Waals surface area contributed by atoms with Crippen molar-refractivity contribution in [2.24, 2.45) is 5.73 Å². The Hall–Kier alpha value is -2.71. The molecule has 9 heteroatoms. The van der Waals surface area contributed by atoms with Crippen molar-refractivity contribution in [3.63, 3.8) is 0 Å². The maximum atomic E-state index is 11.3. The maximum Gasteiger partial charge on any atom is 0.337 e. The minimum Gasteiger partial charge on any atom is -0.478 e. The van der Waals surface area contributed by atoms with Gasteiger partial charge in [0.15, 0.2) is 0 Å². The molecule has 3 N–H and O–H groups in total. The molecule has 0 aromatic carbocycles. The number of carboxylic acid groups (broad SMARTS) is 1. The van der Waals surface area contributed by atoms with Gasteiger partial charge in [-0.1, -0.05) is 0 Å². The number of carboxylic acids is 1. The van der Waals surface area contributed by atoms with Gasteiger partial charge in [0, 0.05) is 18.8 Å². The van der Waals surface area contributed by atoms with E-state index in [1.165, 1.54) is 4.90 Å². The zero-order chi connectivity index (χ0) is 14.9. The zero-order valence-corrected chi connectivity index (χ0v) is 10.4. The van der Waals surface area contributed by atoms with E-state index >= 15 is 0 Å². The minimum atomic E-state index is -1.31. The second-order valence-electron chi connectivity index (χ2n) is 4.38. The van der Waals surface area contributed by atoms with Gasteiger partial charge < -0.3 is 15.7 Å². The number of hydrogen-bond acceptors (Lipinski definition) is 6. The summed E-state index contributed by atoms with van der Waals surface area (Å²) in [5.74, 6) is -1.91. The molecule has 0 saturated carbocycles. The summed E-state index contributed by atoms with van der Waals surface area (Å²) < 4.78 is 0. The second-order valence-corrected chi connectivity index (χ2v) is 4.38. The number of pyridine rings is 1. The SMILES string of the molecule is NC(=O)C1CCCN1c1ncc(C(=O)O)cc1[N+](=O)[O-]. The number of carbonyl (C=O) groups is 2. The molecule has 1 aliphatic rings. The summed E-state index contributed by atoms with van der Waals surface area (Å²) in [5, 5.41) is 19.9. The van der Waals surface area contributed by atoms with Gasteiger partial charge in [0.05, 0.1) is 10.5 Å². The van der Waals surface area contributed by atoms with Crippen LogP contribution in [-0.2, 0) is 4.79 Å². The highest BCUT2D eigenvalue weighted by molar-refractivity contribution is 5.89. The normalized spacial score (nSPS) is 18.0. The van der Waals surface area contributed by atoms with Gasteiger partial charge in [-0.15, -0.1) is 0 Å². The van der Waals surface area contributed by atoms with Crippen LogP contribution in [0, 0.1) is 10.1 Å². The number of aromatic carboxylic acids is 1. The number of hydrogen-bond donors (Lipinski definition) is 2. The predicted molar refractivity (Wildman–Crippen MR) is 67.4 cm³/mol. The third-order valence-electron chi connectivity index (χ3n) is 3.14. The summed E-state index contributed by atoms with van der Waals surface area (Å²) in [5.41, 5.74) is 4.53. The molecule has 0 radical (unpaired) electrons. The lowest BCUT2D eigenvalue weighted by Crippen LogP contribution is -2.41. The molecule has 0 aliphatic carbocycles. The fourth-order valence-electron chi connectivity index (χ4n) is 2.23. The largest absolute Gasteiger partial charge is 0.478 e. The van der Waals surface area contributed by atoms with Crippen LogP contribution in [0.3, 0.4) is 0 Å².